The molecule has 1 aromatic heterocycles. The van der Waals surface area contributed by atoms with Crippen molar-refractivity contribution >= 4 is 28.5 Å². The first-order valence-electron chi connectivity index (χ1n) is 10.7. The zero-order valence-electron chi connectivity index (χ0n) is 18.0. The number of hydrogen-bond donors (Lipinski definition) is 2. The highest BCUT2D eigenvalue weighted by Gasteiger charge is 2.12. The van der Waals surface area contributed by atoms with Gasteiger partial charge in [-0.15, -0.1) is 0 Å². The van der Waals surface area contributed by atoms with E-state index in [-0.39, 0.29) is 11.8 Å². The molecule has 162 valence electrons. The van der Waals surface area contributed by atoms with Crippen molar-refractivity contribution in [3.63, 3.8) is 0 Å². The molecule has 4 rings (SSSR count). The molecule has 0 spiro atoms. The highest BCUT2D eigenvalue weighted by molar-refractivity contribution is 5.96. The Bertz CT molecular complexity index is 1230. The van der Waals surface area contributed by atoms with Crippen molar-refractivity contribution in [1.82, 2.24) is 14.9 Å². The number of benzene rings is 3. The van der Waals surface area contributed by atoms with E-state index in [0.29, 0.717) is 24.3 Å². The molecule has 0 aliphatic heterocycles. The lowest BCUT2D eigenvalue weighted by Gasteiger charge is -2.11. The number of nitrogens with one attached hydrogen (secondary N) is 2. The number of aryl methyl sites for hydroxylation is 2. The summed E-state index contributed by atoms with van der Waals surface area (Å²) in [7, 11) is 0. The van der Waals surface area contributed by atoms with Gasteiger partial charge in [-0.1, -0.05) is 48.5 Å². The third-order valence-electron chi connectivity index (χ3n) is 5.28. The first-order chi connectivity index (χ1) is 15.6. The largest absolute Gasteiger partial charge is 0.350 e. The minimum absolute atomic E-state index is 0.169. The van der Waals surface area contributed by atoms with Crippen LogP contribution in [0.25, 0.3) is 11.0 Å². The fourth-order valence-electron chi connectivity index (χ4n) is 3.79. The summed E-state index contributed by atoms with van der Waals surface area (Å²) in [6.07, 6.45) is 1.73. The molecule has 0 radical (unpaired) electrons. The van der Waals surface area contributed by atoms with Crippen molar-refractivity contribution in [3.05, 3.63) is 95.8 Å². The number of amides is 2. The average molecular weight is 427 g/mol. The van der Waals surface area contributed by atoms with Crippen LogP contribution >= 0.6 is 0 Å². The molecule has 6 heteroatoms. The standard InChI is InChI=1S/C26H26N4O2/c1-19(31)28-22-11-7-10-21(18-22)26(32)27-16-17-30-24-13-6-5-12-23(24)29-25(30)15-14-20-8-3-2-4-9-20/h2-13,18H,14-17H2,1H3,(H,27,32)(H,28,31). The third kappa shape index (κ3) is 5.21. The maximum Gasteiger partial charge on any atom is 0.251 e. The van der Waals surface area contributed by atoms with Gasteiger partial charge in [0.1, 0.15) is 5.82 Å². The summed E-state index contributed by atoms with van der Waals surface area (Å²) in [6.45, 7) is 2.54. The number of imidazole rings is 1. The topological polar surface area (TPSA) is 76.0 Å². The van der Waals surface area contributed by atoms with Crippen molar-refractivity contribution in [1.29, 1.82) is 0 Å². The fraction of sp³-hybridized carbons (Fsp3) is 0.192. The van der Waals surface area contributed by atoms with Crippen LogP contribution in [0.2, 0.25) is 0 Å². The van der Waals surface area contributed by atoms with Crippen molar-refractivity contribution in [3.8, 4) is 0 Å². The van der Waals surface area contributed by atoms with Gasteiger partial charge in [-0.05, 0) is 42.3 Å². The Morgan fingerprint density at radius 1 is 0.906 bits per heavy atom. The molecule has 1 heterocycles. The summed E-state index contributed by atoms with van der Waals surface area (Å²) in [6, 6.07) is 25.4. The monoisotopic (exact) mass is 426 g/mol. The zero-order valence-corrected chi connectivity index (χ0v) is 18.0. The van der Waals surface area contributed by atoms with Crippen molar-refractivity contribution < 1.29 is 9.59 Å². The minimum Gasteiger partial charge on any atom is -0.350 e. The van der Waals surface area contributed by atoms with E-state index in [1.807, 2.05) is 24.3 Å². The van der Waals surface area contributed by atoms with Crippen LogP contribution in [0.3, 0.4) is 0 Å². The first-order valence-corrected chi connectivity index (χ1v) is 10.7. The molecule has 2 amide bonds. The maximum atomic E-state index is 12.6. The summed E-state index contributed by atoms with van der Waals surface area (Å²) in [5, 5.41) is 5.69. The smallest absolute Gasteiger partial charge is 0.251 e. The Balaban J connectivity index is 1.44. The van der Waals surface area contributed by atoms with Crippen LogP contribution < -0.4 is 10.6 Å². The van der Waals surface area contributed by atoms with E-state index >= 15 is 0 Å². The fourth-order valence-corrected chi connectivity index (χ4v) is 3.79. The summed E-state index contributed by atoms with van der Waals surface area (Å²) >= 11 is 0. The predicted molar refractivity (Wildman–Crippen MR) is 127 cm³/mol. The minimum atomic E-state index is -0.174. The van der Waals surface area contributed by atoms with Gasteiger partial charge in [-0.3, -0.25) is 9.59 Å². The van der Waals surface area contributed by atoms with Gasteiger partial charge in [0.05, 0.1) is 11.0 Å². The van der Waals surface area contributed by atoms with Gasteiger partial charge in [0.15, 0.2) is 0 Å². The van der Waals surface area contributed by atoms with Crippen LogP contribution in [0.1, 0.15) is 28.7 Å². The molecule has 0 aliphatic rings. The lowest BCUT2D eigenvalue weighted by atomic mass is 10.1. The van der Waals surface area contributed by atoms with Gasteiger partial charge in [0.25, 0.3) is 5.91 Å². The number of nitrogens with zero attached hydrogens (tertiary/aromatic N) is 2. The molecule has 4 aromatic rings. The number of carbonyl (C=O) groups excluding carboxylic acids is 2. The van der Waals surface area contributed by atoms with E-state index in [0.717, 1.165) is 29.7 Å². The Hall–Kier alpha value is -3.93. The maximum absolute atomic E-state index is 12.6. The second-order valence-corrected chi connectivity index (χ2v) is 7.67. The Morgan fingerprint density at radius 2 is 1.69 bits per heavy atom. The number of aromatic nitrogens is 2. The van der Waals surface area contributed by atoms with Crippen LogP contribution in [0, 0.1) is 0 Å². The second kappa shape index (κ2) is 9.92. The Kier molecular flexibility index (Phi) is 6.60. The average Bonchev–Trinajstić information content (AvgIpc) is 3.15. The van der Waals surface area contributed by atoms with E-state index in [4.69, 9.17) is 4.98 Å². The van der Waals surface area contributed by atoms with Crippen molar-refractivity contribution in [2.75, 3.05) is 11.9 Å². The molecule has 0 unspecified atom stereocenters. The van der Waals surface area contributed by atoms with Gasteiger partial charge in [0.2, 0.25) is 5.91 Å². The Morgan fingerprint density at radius 3 is 2.50 bits per heavy atom. The van der Waals surface area contributed by atoms with Crippen LogP contribution in [0.15, 0.2) is 78.9 Å². The number of para-hydroxylation sites is 2. The summed E-state index contributed by atoms with van der Waals surface area (Å²) in [5.41, 5.74) is 4.42. The molecule has 0 aliphatic carbocycles. The van der Waals surface area contributed by atoms with E-state index in [1.54, 1.807) is 24.3 Å². The SMILES string of the molecule is CC(=O)Nc1cccc(C(=O)NCCn2c(CCc3ccccc3)nc3ccccc32)c1. The second-order valence-electron chi connectivity index (χ2n) is 7.67. The number of rotatable bonds is 8. The first kappa shape index (κ1) is 21.3. The van der Waals surface area contributed by atoms with E-state index < -0.39 is 0 Å². The normalized spacial score (nSPS) is 10.8. The van der Waals surface area contributed by atoms with Crippen LogP contribution in [0.4, 0.5) is 5.69 Å². The lowest BCUT2D eigenvalue weighted by molar-refractivity contribution is -0.114. The Labute approximate surface area is 187 Å². The van der Waals surface area contributed by atoms with Gasteiger partial charge in [-0.2, -0.15) is 0 Å². The molecule has 0 atom stereocenters. The van der Waals surface area contributed by atoms with Crippen molar-refractivity contribution in [2.24, 2.45) is 0 Å². The van der Waals surface area contributed by atoms with Gasteiger partial charge >= 0.3 is 0 Å². The number of hydrogen-bond acceptors (Lipinski definition) is 3. The molecule has 0 bridgehead atoms. The molecule has 0 saturated carbocycles. The predicted octanol–water partition coefficient (Wildman–Crippen LogP) is 4.21. The number of fused-ring (bicyclic) bond motifs is 1. The third-order valence-corrected chi connectivity index (χ3v) is 5.28. The molecule has 3 aromatic carbocycles. The molecule has 0 fully saturated rings. The quantitative estimate of drug-likeness (QED) is 0.443. The highest BCUT2D eigenvalue weighted by atomic mass is 16.2. The molecule has 6 nitrogen and oxygen atoms in total. The summed E-state index contributed by atoms with van der Waals surface area (Å²) in [5.74, 6) is 0.669. The van der Waals surface area contributed by atoms with E-state index in [9.17, 15) is 9.59 Å². The van der Waals surface area contributed by atoms with Crippen LogP contribution in [0.5, 0.6) is 0 Å². The summed E-state index contributed by atoms with van der Waals surface area (Å²) < 4.78 is 2.19. The van der Waals surface area contributed by atoms with Crippen molar-refractivity contribution in [2.45, 2.75) is 26.3 Å². The summed E-state index contributed by atoms with van der Waals surface area (Å²) in [4.78, 5) is 28.7. The number of anilines is 1. The number of carbonyl (C=O) groups is 2. The van der Waals surface area contributed by atoms with Crippen LogP contribution in [-0.4, -0.2) is 27.9 Å². The molecule has 32 heavy (non-hydrogen) atoms. The molecule has 0 saturated heterocycles. The van der Waals surface area contributed by atoms with E-state index in [2.05, 4.69) is 45.5 Å². The van der Waals surface area contributed by atoms with E-state index in [1.165, 1.54) is 12.5 Å². The highest BCUT2D eigenvalue weighted by Crippen LogP contribution is 2.18. The zero-order chi connectivity index (χ0) is 22.3. The molecular weight excluding hydrogens is 400 g/mol. The van der Waals surface area contributed by atoms with Crippen LogP contribution in [-0.2, 0) is 24.2 Å². The molecule has 2 N–H and O–H groups in total. The van der Waals surface area contributed by atoms with Gasteiger partial charge < -0.3 is 15.2 Å². The van der Waals surface area contributed by atoms with Gasteiger partial charge in [-0.25, -0.2) is 4.98 Å². The molecular formula is C26H26N4O2. The van der Waals surface area contributed by atoms with Gasteiger partial charge in [0, 0.05) is 37.7 Å². The lowest BCUT2D eigenvalue weighted by Crippen LogP contribution is -2.27.